The normalized spacial score (nSPS) is 11.6. The SMILES string of the molecule is COc1cc(C)c(S(=O)(=O)Nc2cnc3nc[nH]c3c2)cc1C. The summed E-state index contributed by atoms with van der Waals surface area (Å²) in [6, 6.07) is 4.96. The van der Waals surface area contributed by atoms with Gasteiger partial charge in [-0.05, 0) is 43.2 Å². The Labute approximate surface area is 133 Å². The zero-order valence-corrected chi connectivity index (χ0v) is 13.7. The molecular weight excluding hydrogens is 316 g/mol. The molecule has 7 nitrogen and oxygen atoms in total. The van der Waals surface area contributed by atoms with Crippen LogP contribution in [0.5, 0.6) is 5.75 Å². The minimum atomic E-state index is -3.72. The first-order valence-corrected chi connectivity index (χ1v) is 8.36. The third-order valence-electron chi connectivity index (χ3n) is 3.51. The maximum atomic E-state index is 12.6. The molecule has 2 heterocycles. The monoisotopic (exact) mass is 332 g/mol. The molecule has 2 N–H and O–H groups in total. The number of sulfonamides is 1. The topological polar surface area (TPSA) is 97.0 Å². The number of H-pyrrole nitrogens is 1. The molecule has 0 aliphatic carbocycles. The third kappa shape index (κ3) is 2.85. The summed E-state index contributed by atoms with van der Waals surface area (Å²) in [5, 5.41) is 0. The van der Waals surface area contributed by atoms with E-state index < -0.39 is 10.0 Å². The van der Waals surface area contributed by atoms with Gasteiger partial charge in [-0.25, -0.2) is 18.4 Å². The van der Waals surface area contributed by atoms with Crippen molar-refractivity contribution in [2.24, 2.45) is 0 Å². The van der Waals surface area contributed by atoms with Gasteiger partial charge >= 0.3 is 0 Å². The van der Waals surface area contributed by atoms with Gasteiger partial charge in [0.05, 0.1) is 35.7 Å². The van der Waals surface area contributed by atoms with Crippen molar-refractivity contribution >= 4 is 26.9 Å². The van der Waals surface area contributed by atoms with E-state index in [-0.39, 0.29) is 4.90 Å². The minimum absolute atomic E-state index is 0.209. The quantitative estimate of drug-likeness (QED) is 0.764. The van der Waals surface area contributed by atoms with Crippen LogP contribution in [-0.4, -0.2) is 30.5 Å². The maximum Gasteiger partial charge on any atom is 0.262 e. The Bertz CT molecular complexity index is 980. The van der Waals surface area contributed by atoms with E-state index in [2.05, 4.69) is 19.7 Å². The summed E-state index contributed by atoms with van der Waals surface area (Å²) >= 11 is 0. The van der Waals surface area contributed by atoms with E-state index >= 15 is 0 Å². The number of hydrogen-bond donors (Lipinski definition) is 2. The molecule has 2 aromatic heterocycles. The van der Waals surface area contributed by atoms with Crippen molar-refractivity contribution in [2.75, 3.05) is 11.8 Å². The summed E-state index contributed by atoms with van der Waals surface area (Å²) in [5.74, 6) is 0.655. The van der Waals surface area contributed by atoms with E-state index in [0.717, 1.165) is 5.56 Å². The van der Waals surface area contributed by atoms with Gasteiger partial charge in [-0.2, -0.15) is 0 Å². The zero-order chi connectivity index (χ0) is 16.6. The lowest BCUT2D eigenvalue weighted by atomic mass is 10.1. The highest BCUT2D eigenvalue weighted by Crippen LogP contribution is 2.27. The molecule has 0 atom stereocenters. The lowest BCUT2D eigenvalue weighted by Gasteiger charge is -2.13. The molecule has 0 aliphatic rings. The van der Waals surface area contributed by atoms with E-state index in [1.807, 2.05) is 0 Å². The fourth-order valence-corrected chi connectivity index (χ4v) is 3.71. The standard InChI is InChI=1S/C15H16N4O3S/c1-9-5-14(10(2)4-13(9)22-3)23(20,21)19-11-6-12-15(16-7-11)18-8-17-12/h4-8,19H,1-3H3,(H,16,17,18). The lowest BCUT2D eigenvalue weighted by Crippen LogP contribution is -2.15. The van der Waals surface area contributed by atoms with Gasteiger partial charge in [0.2, 0.25) is 0 Å². The average Bonchev–Trinajstić information content (AvgIpc) is 2.96. The number of nitrogens with one attached hydrogen (secondary N) is 2. The largest absolute Gasteiger partial charge is 0.496 e. The van der Waals surface area contributed by atoms with Crippen LogP contribution in [0.3, 0.4) is 0 Å². The maximum absolute atomic E-state index is 12.6. The number of aryl methyl sites for hydroxylation is 2. The highest BCUT2D eigenvalue weighted by molar-refractivity contribution is 7.92. The number of aromatic nitrogens is 3. The van der Waals surface area contributed by atoms with Gasteiger partial charge in [-0.15, -0.1) is 0 Å². The van der Waals surface area contributed by atoms with Crippen molar-refractivity contribution in [1.29, 1.82) is 0 Å². The molecule has 3 aromatic rings. The Morgan fingerprint density at radius 2 is 1.91 bits per heavy atom. The molecule has 0 unspecified atom stereocenters. The molecular formula is C15H16N4O3S. The van der Waals surface area contributed by atoms with Crippen molar-refractivity contribution in [3.63, 3.8) is 0 Å². The molecule has 0 saturated heterocycles. The van der Waals surface area contributed by atoms with Crippen LogP contribution in [0.15, 0.2) is 35.6 Å². The van der Waals surface area contributed by atoms with Gasteiger partial charge in [0.15, 0.2) is 5.65 Å². The van der Waals surface area contributed by atoms with Gasteiger partial charge in [0.25, 0.3) is 10.0 Å². The van der Waals surface area contributed by atoms with Crippen LogP contribution in [0.25, 0.3) is 11.2 Å². The number of methoxy groups -OCH3 is 1. The predicted octanol–water partition coefficient (Wildman–Crippen LogP) is 2.38. The van der Waals surface area contributed by atoms with Gasteiger partial charge in [-0.1, -0.05) is 0 Å². The van der Waals surface area contributed by atoms with Gasteiger partial charge in [0.1, 0.15) is 5.75 Å². The van der Waals surface area contributed by atoms with E-state index in [1.54, 1.807) is 39.2 Å². The van der Waals surface area contributed by atoms with Crippen LogP contribution in [0.2, 0.25) is 0 Å². The average molecular weight is 332 g/mol. The molecule has 0 aliphatic heterocycles. The number of pyridine rings is 1. The number of aromatic amines is 1. The first kappa shape index (κ1) is 15.3. The Kier molecular flexibility index (Phi) is 3.69. The summed E-state index contributed by atoms with van der Waals surface area (Å²) in [4.78, 5) is 11.2. The first-order chi connectivity index (χ1) is 10.9. The third-order valence-corrected chi connectivity index (χ3v) is 5.03. The van der Waals surface area contributed by atoms with Crippen LogP contribution >= 0.6 is 0 Å². The number of rotatable bonds is 4. The van der Waals surface area contributed by atoms with Gasteiger partial charge in [-0.3, -0.25) is 4.72 Å². The fourth-order valence-electron chi connectivity index (χ4n) is 2.37. The zero-order valence-electron chi connectivity index (χ0n) is 12.9. The van der Waals surface area contributed by atoms with Crippen LogP contribution < -0.4 is 9.46 Å². The predicted molar refractivity (Wildman–Crippen MR) is 87.2 cm³/mol. The highest BCUT2D eigenvalue weighted by atomic mass is 32.2. The Hall–Kier alpha value is -2.61. The lowest BCUT2D eigenvalue weighted by molar-refractivity contribution is 0.411. The summed E-state index contributed by atoms with van der Waals surface area (Å²) in [6.45, 7) is 3.53. The van der Waals surface area contributed by atoms with Crippen LogP contribution in [-0.2, 0) is 10.0 Å². The Balaban J connectivity index is 1.99. The second-order valence-electron chi connectivity index (χ2n) is 5.19. The first-order valence-electron chi connectivity index (χ1n) is 6.88. The molecule has 120 valence electrons. The molecule has 0 bridgehead atoms. The second kappa shape index (κ2) is 5.54. The van der Waals surface area contributed by atoms with Gasteiger partial charge < -0.3 is 9.72 Å². The molecule has 0 spiro atoms. The van der Waals surface area contributed by atoms with Crippen LogP contribution in [0.4, 0.5) is 5.69 Å². The van der Waals surface area contributed by atoms with E-state index in [0.29, 0.717) is 28.2 Å². The van der Waals surface area contributed by atoms with E-state index in [1.165, 1.54) is 12.5 Å². The molecule has 0 fully saturated rings. The number of imidazole rings is 1. The molecule has 0 saturated carbocycles. The Morgan fingerprint density at radius 3 is 2.65 bits per heavy atom. The Morgan fingerprint density at radius 1 is 1.13 bits per heavy atom. The fraction of sp³-hybridized carbons (Fsp3) is 0.200. The molecule has 3 rings (SSSR count). The van der Waals surface area contributed by atoms with Crippen LogP contribution in [0, 0.1) is 13.8 Å². The molecule has 8 heteroatoms. The summed E-state index contributed by atoms with van der Waals surface area (Å²) in [7, 11) is -2.17. The van der Waals surface area contributed by atoms with Crippen molar-refractivity contribution in [1.82, 2.24) is 15.0 Å². The molecule has 1 aromatic carbocycles. The van der Waals surface area contributed by atoms with Gasteiger partial charge in [0, 0.05) is 0 Å². The van der Waals surface area contributed by atoms with Crippen LogP contribution in [0.1, 0.15) is 11.1 Å². The molecule has 0 radical (unpaired) electrons. The summed E-state index contributed by atoms with van der Waals surface area (Å²) in [6.07, 6.45) is 2.94. The van der Waals surface area contributed by atoms with Crippen molar-refractivity contribution in [3.8, 4) is 5.75 Å². The summed E-state index contributed by atoms with van der Waals surface area (Å²) < 4.78 is 33.0. The highest BCUT2D eigenvalue weighted by Gasteiger charge is 2.19. The van der Waals surface area contributed by atoms with Crippen molar-refractivity contribution in [2.45, 2.75) is 18.7 Å². The minimum Gasteiger partial charge on any atom is -0.496 e. The van der Waals surface area contributed by atoms with Crippen molar-refractivity contribution in [3.05, 3.63) is 41.9 Å². The molecule has 23 heavy (non-hydrogen) atoms. The van der Waals surface area contributed by atoms with E-state index in [4.69, 9.17) is 4.74 Å². The van der Waals surface area contributed by atoms with E-state index in [9.17, 15) is 8.42 Å². The number of fused-ring (bicyclic) bond motifs is 1. The summed E-state index contributed by atoms with van der Waals surface area (Å²) in [5.41, 5.74) is 2.92. The number of benzene rings is 1. The number of anilines is 1. The number of hydrogen-bond acceptors (Lipinski definition) is 5. The molecule has 0 amide bonds. The number of nitrogens with zero attached hydrogens (tertiary/aromatic N) is 2. The van der Waals surface area contributed by atoms with Crippen molar-refractivity contribution < 1.29 is 13.2 Å². The number of ether oxygens (including phenoxy) is 1. The smallest absolute Gasteiger partial charge is 0.262 e. The second-order valence-corrected chi connectivity index (χ2v) is 6.84.